The third-order valence-electron chi connectivity index (χ3n) is 4.70. The molecule has 9 heteroatoms. The smallest absolute Gasteiger partial charge is 0.224 e. The zero-order valence-electron chi connectivity index (χ0n) is 17.2. The highest BCUT2D eigenvalue weighted by molar-refractivity contribution is 14.0. The summed E-state index contributed by atoms with van der Waals surface area (Å²) in [5.41, 5.74) is 2.23. The molecule has 0 aromatic carbocycles. The van der Waals surface area contributed by atoms with Crippen molar-refractivity contribution in [1.29, 1.82) is 0 Å². The molecule has 3 rings (SSSR count). The first-order valence-electron chi connectivity index (χ1n) is 9.87. The summed E-state index contributed by atoms with van der Waals surface area (Å²) < 4.78 is 5.33. The highest BCUT2D eigenvalue weighted by Gasteiger charge is 2.21. The van der Waals surface area contributed by atoms with Gasteiger partial charge in [-0.2, -0.15) is 0 Å². The van der Waals surface area contributed by atoms with Gasteiger partial charge in [-0.05, 0) is 36.3 Å². The van der Waals surface area contributed by atoms with Crippen molar-refractivity contribution in [2.24, 2.45) is 4.99 Å². The summed E-state index contributed by atoms with van der Waals surface area (Å²) >= 11 is 1.79. The number of rotatable bonds is 7. The van der Waals surface area contributed by atoms with Crippen LogP contribution in [0.3, 0.4) is 0 Å². The highest BCUT2D eigenvalue weighted by Crippen LogP contribution is 2.24. The number of aromatic nitrogens is 1. The Morgan fingerprint density at radius 3 is 2.97 bits per heavy atom. The Morgan fingerprint density at radius 2 is 2.24 bits per heavy atom. The van der Waals surface area contributed by atoms with E-state index in [0.29, 0.717) is 31.4 Å². The highest BCUT2D eigenvalue weighted by atomic mass is 127. The maximum absolute atomic E-state index is 12.5. The van der Waals surface area contributed by atoms with E-state index in [2.05, 4.69) is 46.1 Å². The summed E-state index contributed by atoms with van der Waals surface area (Å²) in [7, 11) is 0. The van der Waals surface area contributed by atoms with Crippen molar-refractivity contribution in [1.82, 2.24) is 20.7 Å². The number of thiophene rings is 1. The first kappa shape index (κ1) is 23.7. The molecule has 7 nitrogen and oxygen atoms in total. The number of nitrogens with zero attached hydrogens (tertiary/aromatic N) is 3. The fourth-order valence-corrected chi connectivity index (χ4v) is 3.97. The molecule has 160 valence electrons. The van der Waals surface area contributed by atoms with Crippen LogP contribution in [0.4, 0.5) is 0 Å². The van der Waals surface area contributed by atoms with Crippen LogP contribution >= 0.6 is 35.3 Å². The maximum Gasteiger partial charge on any atom is 0.224 e. The number of carbonyl (C=O) groups excluding carboxylic acids is 1. The largest absolute Gasteiger partial charge is 0.359 e. The average molecular weight is 531 g/mol. The Balaban J connectivity index is 0.00000300. The van der Waals surface area contributed by atoms with Gasteiger partial charge in [-0.25, -0.2) is 4.99 Å². The third-order valence-corrected chi connectivity index (χ3v) is 5.72. The van der Waals surface area contributed by atoms with Crippen molar-refractivity contribution in [3.05, 3.63) is 39.4 Å². The Hall–Kier alpha value is -1.62. The van der Waals surface area contributed by atoms with Crippen LogP contribution in [0.25, 0.3) is 0 Å². The van der Waals surface area contributed by atoms with Crippen molar-refractivity contribution in [3.8, 4) is 0 Å². The van der Waals surface area contributed by atoms with Gasteiger partial charge in [0.2, 0.25) is 5.91 Å². The van der Waals surface area contributed by atoms with Gasteiger partial charge in [0, 0.05) is 43.5 Å². The van der Waals surface area contributed by atoms with Crippen LogP contribution in [0.5, 0.6) is 0 Å². The van der Waals surface area contributed by atoms with Crippen LogP contribution in [-0.2, 0) is 24.3 Å². The molecule has 2 aromatic heterocycles. The molecule has 0 spiro atoms. The predicted molar refractivity (Wildman–Crippen MR) is 127 cm³/mol. The molecule has 0 fully saturated rings. The van der Waals surface area contributed by atoms with Crippen LogP contribution in [0.15, 0.2) is 27.0 Å². The van der Waals surface area contributed by atoms with E-state index in [0.717, 1.165) is 37.5 Å². The lowest BCUT2D eigenvalue weighted by Gasteiger charge is -2.27. The van der Waals surface area contributed by atoms with Gasteiger partial charge in [-0.1, -0.05) is 19.0 Å². The first-order valence-corrected chi connectivity index (χ1v) is 10.8. The zero-order valence-corrected chi connectivity index (χ0v) is 20.4. The van der Waals surface area contributed by atoms with Gasteiger partial charge < -0.3 is 20.1 Å². The molecule has 1 aliphatic heterocycles. The minimum absolute atomic E-state index is 0. The van der Waals surface area contributed by atoms with E-state index in [4.69, 9.17) is 4.52 Å². The number of guanidine groups is 1. The molecule has 0 unspecified atom stereocenters. The van der Waals surface area contributed by atoms with Crippen molar-refractivity contribution in [2.75, 3.05) is 19.6 Å². The summed E-state index contributed by atoms with van der Waals surface area (Å²) in [6.45, 7) is 9.42. The summed E-state index contributed by atoms with van der Waals surface area (Å²) in [6.07, 6.45) is 1.41. The number of amides is 1. The molecular formula is C20H30IN5O2S. The van der Waals surface area contributed by atoms with Crippen molar-refractivity contribution in [3.63, 3.8) is 0 Å². The monoisotopic (exact) mass is 531 g/mol. The number of nitrogens with one attached hydrogen (secondary N) is 2. The van der Waals surface area contributed by atoms with E-state index < -0.39 is 0 Å². The second-order valence-electron chi connectivity index (χ2n) is 7.18. The quantitative estimate of drug-likeness (QED) is 0.325. The second-order valence-corrected chi connectivity index (χ2v) is 8.18. The van der Waals surface area contributed by atoms with E-state index in [-0.39, 0.29) is 29.9 Å². The lowest BCUT2D eigenvalue weighted by molar-refractivity contribution is -0.131. The molecule has 3 heterocycles. The molecule has 0 saturated carbocycles. The van der Waals surface area contributed by atoms with E-state index >= 15 is 0 Å². The van der Waals surface area contributed by atoms with Gasteiger partial charge in [0.1, 0.15) is 6.54 Å². The van der Waals surface area contributed by atoms with Gasteiger partial charge in [0.05, 0.1) is 5.69 Å². The molecule has 2 N–H and O–H groups in total. The average Bonchev–Trinajstić information content (AvgIpc) is 3.34. The van der Waals surface area contributed by atoms with Crippen molar-refractivity contribution < 1.29 is 9.32 Å². The molecule has 2 aromatic rings. The lowest BCUT2D eigenvalue weighted by atomic mass is 10.1. The molecule has 0 saturated heterocycles. The van der Waals surface area contributed by atoms with Crippen LogP contribution in [0, 0.1) is 0 Å². The van der Waals surface area contributed by atoms with Gasteiger partial charge >= 0.3 is 0 Å². The van der Waals surface area contributed by atoms with E-state index in [1.54, 1.807) is 11.3 Å². The summed E-state index contributed by atoms with van der Waals surface area (Å²) in [6, 6.07) is 4.07. The molecule has 29 heavy (non-hydrogen) atoms. The Morgan fingerprint density at radius 1 is 1.41 bits per heavy atom. The number of halogens is 1. The van der Waals surface area contributed by atoms with Crippen LogP contribution in [0.2, 0.25) is 0 Å². The van der Waals surface area contributed by atoms with E-state index in [9.17, 15) is 4.79 Å². The fraction of sp³-hybridized carbons (Fsp3) is 0.550. The minimum Gasteiger partial charge on any atom is -0.359 e. The molecule has 0 atom stereocenters. The van der Waals surface area contributed by atoms with Gasteiger partial charge in [-0.15, -0.1) is 35.3 Å². The first-order chi connectivity index (χ1) is 13.6. The number of fused-ring (bicyclic) bond motifs is 1. The van der Waals surface area contributed by atoms with E-state index in [1.165, 1.54) is 10.4 Å². The molecule has 0 aliphatic carbocycles. The molecule has 1 amide bonds. The van der Waals surface area contributed by atoms with Crippen molar-refractivity contribution >= 4 is 47.2 Å². The zero-order chi connectivity index (χ0) is 19.9. The standard InChI is InChI=1S/C20H29N5O2S.HI/c1-4-21-20(23-12-16-11-17(14(2)3)24-27-16)22-8-5-19(26)25-9-6-18-15(13-25)7-10-28-18;/h7,10-11,14H,4-6,8-9,12-13H2,1-3H3,(H2,21,22,23);1H. The molecule has 0 bridgehead atoms. The summed E-state index contributed by atoms with van der Waals surface area (Å²) in [5, 5.41) is 12.6. The minimum atomic E-state index is 0. The predicted octanol–water partition coefficient (Wildman–Crippen LogP) is 3.51. The Labute approximate surface area is 193 Å². The van der Waals surface area contributed by atoms with Crippen LogP contribution in [0.1, 0.15) is 55.0 Å². The van der Waals surface area contributed by atoms with Gasteiger partial charge in [0.15, 0.2) is 11.7 Å². The normalized spacial score (nSPS) is 13.8. The maximum atomic E-state index is 12.5. The van der Waals surface area contributed by atoms with Crippen molar-refractivity contribution in [2.45, 2.75) is 52.6 Å². The topological polar surface area (TPSA) is 82.8 Å². The van der Waals surface area contributed by atoms with Gasteiger partial charge in [-0.3, -0.25) is 4.79 Å². The summed E-state index contributed by atoms with van der Waals surface area (Å²) in [5.74, 6) is 1.92. The fourth-order valence-electron chi connectivity index (χ4n) is 3.08. The third kappa shape index (κ3) is 6.70. The van der Waals surface area contributed by atoms with Crippen LogP contribution < -0.4 is 10.6 Å². The lowest BCUT2D eigenvalue weighted by Crippen LogP contribution is -2.41. The Bertz CT molecular complexity index is 817. The van der Waals surface area contributed by atoms with Crippen LogP contribution in [-0.4, -0.2) is 41.6 Å². The number of hydrogen-bond donors (Lipinski definition) is 2. The SMILES string of the molecule is CCNC(=NCc1cc(C(C)C)no1)NCCC(=O)N1CCc2sccc2C1.I. The van der Waals surface area contributed by atoms with Gasteiger partial charge in [0.25, 0.3) is 0 Å². The molecule has 1 aliphatic rings. The number of carbonyl (C=O) groups is 1. The molecule has 0 radical (unpaired) electrons. The number of hydrogen-bond acceptors (Lipinski definition) is 5. The molecular weight excluding hydrogens is 501 g/mol. The van der Waals surface area contributed by atoms with E-state index in [1.807, 2.05) is 17.9 Å². The number of aliphatic imine (C=N–C) groups is 1. The Kier molecular flexibility index (Phi) is 9.41. The summed E-state index contributed by atoms with van der Waals surface area (Å²) in [4.78, 5) is 20.4. The second kappa shape index (κ2) is 11.5.